The minimum atomic E-state index is -0.288. The molecule has 100 valence electrons. The number of hydrogen-bond acceptors (Lipinski definition) is 4. The van der Waals surface area contributed by atoms with Crippen LogP contribution in [0.4, 0.5) is 0 Å². The van der Waals surface area contributed by atoms with Crippen LogP contribution in [0.1, 0.15) is 16.8 Å². The molecule has 2 aromatic rings. The lowest BCUT2D eigenvalue weighted by atomic mass is 10.2. The van der Waals surface area contributed by atoms with Crippen LogP contribution in [-0.4, -0.2) is 32.6 Å². The van der Waals surface area contributed by atoms with E-state index in [-0.39, 0.29) is 17.2 Å². The highest BCUT2D eigenvalue weighted by Gasteiger charge is 2.10. The lowest BCUT2D eigenvalue weighted by molar-refractivity contribution is 0.0950. The maximum atomic E-state index is 11.8. The van der Waals surface area contributed by atoms with E-state index in [0.717, 1.165) is 10.9 Å². The maximum Gasteiger partial charge on any atom is 0.255 e. The molecule has 2 rings (SSSR count). The number of carbonyl (C=O) groups is 1. The highest BCUT2D eigenvalue weighted by atomic mass is 79.9. The number of phenolic OH excluding ortho intramolecular Hbond substituents is 1. The van der Waals surface area contributed by atoms with Crippen LogP contribution >= 0.6 is 15.9 Å². The van der Waals surface area contributed by atoms with Crippen molar-refractivity contribution in [2.45, 2.75) is 13.0 Å². The van der Waals surface area contributed by atoms with Gasteiger partial charge in [-0.3, -0.25) is 9.48 Å². The van der Waals surface area contributed by atoms with Crippen molar-refractivity contribution in [3.63, 3.8) is 0 Å². The van der Waals surface area contributed by atoms with Gasteiger partial charge in [0.15, 0.2) is 0 Å². The van der Waals surface area contributed by atoms with Crippen molar-refractivity contribution in [1.82, 2.24) is 20.3 Å². The van der Waals surface area contributed by atoms with Crippen LogP contribution in [0.3, 0.4) is 0 Å². The van der Waals surface area contributed by atoms with Crippen molar-refractivity contribution in [3.05, 3.63) is 40.6 Å². The van der Waals surface area contributed by atoms with Crippen molar-refractivity contribution in [2.24, 2.45) is 0 Å². The molecule has 0 bridgehead atoms. The Kier molecular flexibility index (Phi) is 4.51. The highest BCUT2D eigenvalue weighted by molar-refractivity contribution is 9.10. The van der Waals surface area contributed by atoms with E-state index in [1.807, 2.05) is 0 Å². The Bertz CT molecular complexity index is 557. The zero-order valence-electron chi connectivity index (χ0n) is 10.1. The molecule has 0 atom stereocenters. The average Bonchev–Trinajstić information content (AvgIpc) is 2.87. The minimum Gasteiger partial charge on any atom is -0.507 e. The van der Waals surface area contributed by atoms with Crippen molar-refractivity contribution < 1.29 is 9.90 Å². The Morgan fingerprint density at radius 2 is 2.32 bits per heavy atom. The number of amides is 1. The van der Waals surface area contributed by atoms with Crippen LogP contribution in [0, 0.1) is 0 Å². The van der Waals surface area contributed by atoms with E-state index >= 15 is 0 Å². The van der Waals surface area contributed by atoms with Gasteiger partial charge in [-0.15, -0.1) is 5.10 Å². The van der Waals surface area contributed by atoms with Gasteiger partial charge in [-0.05, 0) is 24.6 Å². The molecule has 7 heteroatoms. The van der Waals surface area contributed by atoms with Gasteiger partial charge in [-0.1, -0.05) is 21.1 Å². The van der Waals surface area contributed by atoms with Gasteiger partial charge in [-0.25, -0.2) is 0 Å². The monoisotopic (exact) mass is 324 g/mol. The van der Waals surface area contributed by atoms with Gasteiger partial charge in [0.25, 0.3) is 5.91 Å². The van der Waals surface area contributed by atoms with Crippen LogP contribution in [-0.2, 0) is 6.54 Å². The third-order valence-corrected chi connectivity index (χ3v) is 3.02. The van der Waals surface area contributed by atoms with E-state index in [1.54, 1.807) is 29.2 Å². The number of nitrogens with one attached hydrogen (secondary N) is 1. The van der Waals surface area contributed by atoms with Crippen LogP contribution in [0.5, 0.6) is 5.75 Å². The molecule has 0 saturated carbocycles. The van der Waals surface area contributed by atoms with Gasteiger partial charge in [0, 0.05) is 23.8 Å². The van der Waals surface area contributed by atoms with E-state index < -0.39 is 0 Å². The van der Waals surface area contributed by atoms with Crippen molar-refractivity contribution >= 4 is 21.8 Å². The summed E-state index contributed by atoms with van der Waals surface area (Å²) >= 11 is 3.22. The number of hydrogen-bond donors (Lipinski definition) is 2. The third-order valence-electron chi connectivity index (χ3n) is 2.53. The fraction of sp³-hybridized carbons (Fsp3) is 0.250. The average molecular weight is 325 g/mol. The molecule has 1 heterocycles. The van der Waals surface area contributed by atoms with Gasteiger partial charge in [0.1, 0.15) is 5.75 Å². The second-order valence-corrected chi connectivity index (χ2v) is 4.85. The highest BCUT2D eigenvalue weighted by Crippen LogP contribution is 2.21. The molecule has 0 aliphatic heterocycles. The first-order valence-electron chi connectivity index (χ1n) is 5.77. The minimum absolute atomic E-state index is 0.0387. The maximum absolute atomic E-state index is 11.8. The zero-order valence-corrected chi connectivity index (χ0v) is 11.7. The normalized spacial score (nSPS) is 10.4. The van der Waals surface area contributed by atoms with E-state index in [4.69, 9.17) is 0 Å². The SMILES string of the molecule is O=C(NCCCn1ccnn1)c1ccc(Br)cc1O. The molecule has 0 aliphatic carbocycles. The molecule has 0 spiro atoms. The summed E-state index contributed by atoms with van der Waals surface area (Å²) in [6.45, 7) is 1.20. The summed E-state index contributed by atoms with van der Waals surface area (Å²) in [7, 11) is 0. The number of phenols is 1. The van der Waals surface area contributed by atoms with Gasteiger partial charge in [0.05, 0.1) is 11.8 Å². The lowest BCUT2D eigenvalue weighted by Crippen LogP contribution is -2.25. The standard InChI is InChI=1S/C12H13BrN4O2/c13-9-2-3-10(11(18)8-9)12(19)14-4-1-6-17-7-5-15-16-17/h2-3,5,7-8,18H,1,4,6H2,(H,14,19). The summed E-state index contributed by atoms with van der Waals surface area (Å²) in [6, 6.07) is 4.78. The Labute approximate surface area is 118 Å². The first-order chi connectivity index (χ1) is 9.16. The number of carbonyl (C=O) groups excluding carboxylic acids is 1. The molecule has 19 heavy (non-hydrogen) atoms. The summed E-state index contributed by atoms with van der Waals surface area (Å²) in [6.07, 6.45) is 4.12. The van der Waals surface area contributed by atoms with Gasteiger partial charge in [0.2, 0.25) is 0 Å². The van der Waals surface area contributed by atoms with Crippen LogP contribution in [0.2, 0.25) is 0 Å². The quantitative estimate of drug-likeness (QED) is 0.818. The summed E-state index contributed by atoms with van der Waals surface area (Å²) in [5.41, 5.74) is 0.268. The predicted octanol–water partition coefficient (Wildman–Crippen LogP) is 1.57. The van der Waals surface area contributed by atoms with Crippen molar-refractivity contribution in [1.29, 1.82) is 0 Å². The lowest BCUT2D eigenvalue weighted by Gasteiger charge is -2.07. The van der Waals surface area contributed by atoms with Crippen molar-refractivity contribution in [2.75, 3.05) is 6.54 Å². The molecule has 6 nitrogen and oxygen atoms in total. The second kappa shape index (κ2) is 6.33. The second-order valence-electron chi connectivity index (χ2n) is 3.94. The number of aryl methyl sites for hydroxylation is 1. The molecular weight excluding hydrogens is 312 g/mol. The first-order valence-corrected chi connectivity index (χ1v) is 6.57. The van der Waals surface area contributed by atoms with Gasteiger partial charge >= 0.3 is 0 Å². The Hall–Kier alpha value is -1.89. The number of benzene rings is 1. The van der Waals surface area contributed by atoms with Crippen LogP contribution in [0.15, 0.2) is 35.1 Å². The zero-order chi connectivity index (χ0) is 13.7. The number of rotatable bonds is 5. The molecule has 1 amide bonds. The molecule has 1 aromatic heterocycles. The van der Waals surface area contributed by atoms with Gasteiger partial charge < -0.3 is 10.4 Å². The Morgan fingerprint density at radius 1 is 1.47 bits per heavy atom. The Morgan fingerprint density at radius 3 is 3.00 bits per heavy atom. The molecular formula is C12H13BrN4O2. The Balaban J connectivity index is 1.81. The largest absolute Gasteiger partial charge is 0.507 e. The third kappa shape index (κ3) is 3.78. The fourth-order valence-electron chi connectivity index (χ4n) is 1.59. The molecule has 1 aromatic carbocycles. The summed E-state index contributed by atoms with van der Waals surface area (Å²) in [4.78, 5) is 11.8. The number of halogens is 1. The summed E-state index contributed by atoms with van der Waals surface area (Å²) in [5, 5.41) is 19.9. The summed E-state index contributed by atoms with van der Waals surface area (Å²) in [5.74, 6) is -0.327. The molecule has 2 N–H and O–H groups in total. The number of aromatic hydroxyl groups is 1. The molecule has 0 saturated heterocycles. The van der Waals surface area contributed by atoms with E-state index in [2.05, 4.69) is 31.6 Å². The molecule has 0 fully saturated rings. The summed E-state index contributed by atoms with van der Waals surface area (Å²) < 4.78 is 2.43. The number of nitrogens with zero attached hydrogens (tertiary/aromatic N) is 3. The number of aromatic nitrogens is 3. The smallest absolute Gasteiger partial charge is 0.255 e. The van der Waals surface area contributed by atoms with E-state index in [1.165, 1.54) is 6.07 Å². The fourth-order valence-corrected chi connectivity index (χ4v) is 1.94. The van der Waals surface area contributed by atoms with Crippen LogP contribution < -0.4 is 5.32 Å². The topological polar surface area (TPSA) is 80.0 Å². The first kappa shape index (κ1) is 13.5. The molecule has 0 aliphatic rings. The van der Waals surface area contributed by atoms with Gasteiger partial charge in [-0.2, -0.15) is 0 Å². The van der Waals surface area contributed by atoms with Crippen molar-refractivity contribution in [3.8, 4) is 5.75 Å². The predicted molar refractivity (Wildman–Crippen MR) is 72.8 cm³/mol. The van der Waals surface area contributed by atoms with E-state index in [9.17, 15) is 9.90 Å². The molecule has 0 radical (unpaired) electrons. The van der Waals surface area contributed by atoms with E-state index in [0.29, 0.717) is 13.1 Å². The molecule has 0 unspecified atom stereocenters. The van der Waals surface area contributed by atoms with Crippen LogP contribution in [0.25, 0.3) is 0 Å².